The van der Waals surface area contributed by atoms with Gasteiger partial charge in [0, 0.05) is 24.2 Å². The monoisotopic (exact) mass is 260 g/mol. The molecule has 2 aliphatic heterocycles. The van der Waals surface area contributed by atoms with Gasteiger partial charge in [-0.25, -0.2) is 0 Å². The normalized spacial score (nSPS) is 21.3. The Kier molecular flexibility index (Phi) is 4.04. The van der Waals surface area contributed by atoms with Gasteiger partial charge in [-0.15, -0.1) is 0 Å². The van der Waals surface area contributed by atoms with E-state index in [9.17, 15) is 5.11 Å². The van der Waals surface area contributed by atoms with Crippen LogP contribution in [-0.2, 0) is 13.1 Å². The van der Waals surface area contributed by atoms with Crippen LogP contribution < -0.4 is 0 Å². The first kappa shape index (κ1) is 12.9. The van der Waals surface area contributed by atoms with Crippen LogP contribution >= 0.6 is 0 Å². The van der Waals surface area contributed by atoms with Crippen LogP contribution in [0.3, 0.4) is 0 Å². The molecule has 0 bridgehead atoms. The molecule has 3 nitrogen and oxygen atoms in total. The molecular formula is C16H24N2O. The maximum atomic E-state index is 10.5. The van der Waals surface area contributed by atoms with Gasteiger partial charge in [0.2, 0.25) is 0 Å². The smallest absolute Gasteiger partial charge is 0.124 e. The van der Waals surface area contributed by atoms with E-state index in [4.69, 9.17) is 0 Å². The minimum absolute atomic E-state index is 0.529. The summed E-state index contributed by atoms with van der Waals surface area (Å²) in [7, 11) is 0. The lowest BCUT2D eigenvalue weighted by atomic mass is 10.1. The molecule has 3 heteroatoms. The lowest BCUT2D eigenvalue weighted by Gasteiger charge is -2.19. The fraction of sp³-hybridized carbons (Fsp3) is 0.625. The number of para-hydroxylation sites is 1. The number of hydrogen-bond donors (Lipinski definition) is 1. The van der Waals surface area contributed by atoms with Crippen molar-refractivity contribution in [1.29, 1.82) is 0 Å². The van der Waals surface area contributed by atoms with Crippen molar-refractivity contribution in [3.8, 4) is 5.75 Å². The van der Waals surface area contributed by atoms with Crippen molar-refractivity contribution in [3.05, 3.63) is 29.3 Å². The number of phenolic OH excluding ortho intramolecular Hbond substituents is 1. The zero-order valence-corrected chi connectivity index (χ0v) is 11.6. The fourth-order valence-corrected chi connectivity index (χ4v) is 3.26. The summed E-state index contributed by atoms with van der Waals surface area (Å²) in [5.41, 5.74) is 2.19. The van der Waals surface area contributed by atoms with Gasteiger partial charge in [-0.2, -0.15) is 0 Å². The van der Waals surface area contributed by atoms with Crippen molar-refractivity contribution in [3.63, 3.8) is 0 Å². The van der Waals surface area contributed by atoms with Crippen LogP contribution in [-0.4, -0.2) is 41.1 Å². The van der Waals surface area contributed by atoms with Gasteiger partial charge in [0.05, 0.1) is 0 Å². The molecule has 0 aliphatic carbocycles. The molecule has 19 heavy (non-hydrogen) atoms. The molecule has 0 unspecified atom stereocenters. The van der Waals surface area contributed by atoms with E-state index in [1.807, 2.05) is 0 Å². The van der Waals surface area contributed by atoms with Gasteiger partial charge in [0.25, 0.3) is 0 Å². The van der Waals surface area contributed by atoms with Gasteiger partial charge in [-0.05, 0) is 51.9 Å². The zero-order valence-electron chi connectivity index (χ0n) is 11.6. The third kappa shape index (κ3) is 3.10. The summed E-state index contributed by atoms with van der Waals surface area (Å²) in [6, 6.07) is 6.23. The topological polar surface area (TPSA) is 26.7 Å². The summed E-state index contributed by atoms with van der Waals surface area (Å²) in [6.45, 7) is 6.51. The molecule has 3 rings (SSSR count). The lowest BCUT2D eigenvalue weighted by molar-refractivity contribution is 0.312. The first-order valence-electron chi connectivity index (χ1n) is 7.57. The van der Waals surface area contributed by atoms with Crippen LogP contribution in [0.5, 0.6) is 5.75 Å². The summed E-state index contributed by atoms with van der Waals surface area (Å²) in [5, 5.41) is 10.5. The van der Waals surface area contributed by atoms with E-state index in [-0.39, 0.29) is 0 Å². The van der Waals surface area contributed by atoms with Gasteiger partial charge in [0.1, 0.15) is 5.75 Å². The summed E-state index contributed by atoms with van der Waals surface area (Å²) in [6.07, 6.45) is 5.20. The number of aromatic hydroxyl groups is 1. The van der Waals surface area contributed by atoms with Crippen LogP contribution in [0.25, 0.3) is 0 Å². The zero-order chi connectivity index (χ0) is 13.1. The Morgan fingerprint density at radius 1 is 0.789 bits per heavy atom. The van der Waals surface area contributed by atoms with Crippen LogP contribution in [0.15, 0.2) is 18.2 Å². The Morgan fingerprint density at radius 3 is 1.63 bits per heavy atom. The van der Waals surface area contributed by atoms with Crippen molar-refractivity contribution < 1.29 is 5.11 Å². The molecule has 2 aliphatic rings. The average Bonchev–Trinajstić information content (AvgIpc) is 3.07. The van der Waals surface area contributed by atoms with Crippen LogP contribution in [0.2, 0.25) is 0 Å². The van der Waals surface area contributed by atoms with E-state index in [1.165, 1.54) is 51.9 Å². The van der Waals surface area contributed by atoms with Gasteiger partial charge in [0.15, 0.2) is 0 Å². The molecular weight excluding hydrogens is 236 g/mol. The number of hydrogen-bond acceptors (Lipinski definition) is 3. The second kappa shape index (κ2) is 5.93. The first-order valence-corrected chi connectivity index (χ1v) is 7.57. The van der Waals surface area contributed by atoms with E-state index in [2.05, 4.69) is 28.0 Å². The Labute approximate surface area is 115 Å². The van der Waals surface area contributed by atoms with E-state index < -0.39 is 0 Å². The standard InChI is InChI=1S/C16H24N2O/c19-16-14(12-17-8-1-2-9-17)6-5-7-15(16)13-18-10-3-4-11-18/h5-7,19H,1-4,8-13H2. The molecule has 2 heterocycles. The third-order valence-corrected chi connectivity index (χ3v) is 4.39. The number of rotatable bonds is 4. The Hall–Kier alpha value is -1.06. The SMILES string of the molecule is Oc1c(CN2CCCC2)cccc1CN1CCCC1. The fourth-order valence-electron chi connectivity index (χ4n) is 3.26. The number of benzene rings is 1. The molecule has 104 valence electrons. The molecule has 1 N–H and O–H groups in total. The van der Waals surface area contributed by atoms with Gasteiger partial charge >= 0.3 is 0 Å². The Morgan fingerprint density at radius 2 is 1.21 bits per heavy atom. The van der Waals surface area contributed by atoms with Crippen molar-refractivity contribution in [2.45, 2.75) is 38.8 Å². The Balaban J connectivity index is 1.69. The molecule has 0 saturated carbocycles. The summed E-state index contributed by atoms with van der Waals surface area (Å²) < 4.78 is 0. The van der Waals surface area contributed by atoms with Crippen LogP contribution in [0.1, 0.15) is 36.8 Å². The van der Waals surface area contributed by atoms with Crippen molar-refractivity contribution in [2.75, 3.05) is 26.2 Å². The van der Waals surface area contributed by atoms with Crippen molar-refractivity contribution >= 4 is 0 Å². The molecule has 0 atom stereocenters. The average molecular weight is 260 g/mol. The molecule has 0 spiro atoms. The highest BCUT2D eigenvalue weighted by Crippen LogP contribution is 2.27. The second-order valence-corrected chi connectivity index (χ2v) is 5.89. The molecule has 1 aromatic rings. The highest BCUT2D eigenvalue weighted by atomic mass is 16.3. The van der Waals surface area contributed by atoms with Crippen LogP contribution in [0.4, 0.5) is 0 Å². The largest absolute Gasteiger partial charge is 0.507 e. The highest BCUT2D eigenvalue weighted by molar-refractivity contribution is 5.40. The second-order valence-electron chi connectivity index (χ2n) is 5.89. The Bertz CT molecular complexity index is 385. The molecule has 0 amide bonds. The van der Waals surface area contributed by atoms with Gasteiger partial charge < -0.3 is 5.11 Å². The summed E-state index contributed by atoms with van der Waals surface area (Å²) in [4.78, 5) is 4.88. The van der Waals surface area contributed by atoms with Crippen molar-refractivity contribution in [1.82, 2.24) is 9.80 Å². The number of phenols is 1. The number of nitrogens with zero attached hydrogens (tertiary/aromatic N) is 2. The summed E-state index contributed by atoms with van der Waals surface area (Å²) in [5.74, 6) is 0.529. The van der Waals surface area contributed by atoms with Crippen molar-refractivity contribution in [2.24, 2.45) is 0 Å². The minimum atomic E-state index is 0.529. The van der Waals surface area contributed by atoms with E-state index in [1.54, 1.807) is 0 Å². The molecule has 0 aromatic heterocycles. The molecule has 1 aromatic carbocycles. The molecule has 2 fully saturated rings. The molecule has 2 saturated heterocycles. The highest BCUT2D eigenvalue weighted by Gasteiger charge is 2.17. The van der Waals surface area contributed by atoms with Crippen LogP contribution in [0, 0.1) is 0 Å². The van der Waals surface area contributed by atoms with Gasteiger partial charge in [-0.3, -0.25) is 9.80 Å². The van der Waals surface area contributed by atoms with E-state index >= 15 is 0 Å². The molecule has 0 radical (unpaired) electrons. The summed E-state index contributed by atoms with van der Waals surface area (Å²) >= 11 is 0. The predicted octanol–water partition coefficient (Wildman–Crippen LogP) is 2.58. The number of likely N-dealkylation sites (tertiary alicyclic amines) is 2. The van der Waals surface area contributed by atoms with E-state index in [0.717, 1.165) is 24.2 Å². The minimum Gasteiger partial charge on any atom is -0.507 e. The first-order chi connectivity index (χ1) is 9.33. The van der Waals surface area contributed by atoms with Gasteiger partial charge in [-0.1, -0.05) is 18.2 Å². The quantitative estimate of drug-likeness (QED) is 0.901. The predicted molar refractivity (Wildman–Crippen MR) is 77.1 cm³/mol. The lowest BCUT2D eigenvalue weighted by Crippen LogP contribution is -2.20. The third-order valence-electron chi connectivity index (χ3n) is 4.39. The maximum Gasteiger partial charge on any atom is 0.124 e. The van der Waals surface area contributed by atoms with E-state index in [0.29, 0.717) is 5.75 Å². The maximum absolute atomic E-state index is 10.5.